The number of benzene rings is 1. The number of ether oxygens (including phenoxy) is 1. The predicted octanol–water partition coefficient (Wildman–Crippen LogP) is 1.35. The van der Waals surface area contributed by atoms with Crippen molar-refractivity contribution in [2.75, 3.05) is 0 Å². The Bertz CT molecular complexity index is 699. The van der Waals surface area contributed by atoms with Gasteiger partial charge in [-0.15, -0.1) is 5.10 Å². The maximum absolute atomic E-state index is 13.7. The fourth-order valence-corrected chi connectivity index (χ4v) is 1.41. The molecular weight excluding hydrogens is 275 g/mol. The second-order valence-corrected chi connectivity index (χ2v) is 3.66. The maximum atomic E-state index is 13.7. The average molecular weight is 282 g/mol. The van der Waals surface area contributed by atoms with Crippen LogP contribution in [0.3, 0.4) is 0 Å². The van der Waals surface area contributed by atoms with Gasteiger partial charge < -0.3 is 9.84 Å². The molecule has 0 aliphatic rings. The molecule has 10 heteroatoms. The van der Waals surface area contributed by atoms with E-state index in [4.69, 9.17) is 9.84 Å². The van der Waals surface area contributed by atoms with E-state index in [1.807, 2.05) is 0 Å². The van der Waals surface area contributed by atoms with Crippen LogP contribution in [0, 0.1) is 15.9 Å². The Morgan fingerprint density at radius 2 is 2.25 bits per heavy atom. The lowest BCUT2D eigenvalue weighted by molar-refractivity contribution is -0.385. The van der Waals surface area contributed by atoms with Crippen molar-refractivity contribution in [1.29, 1.82) is 0 Å². The van der Waals surface area contributed by atoms with Gasteiger partial charge in [-0.05, 0) is 0 Å². The van der Waals surface area contributed by atoms with Crippen LogP contribution in [0.15, 0.2) is 18.5 Å². The fourth-order valence-electron chi connectivity index (χ4n) is 1.41. The zero-order chi connectivity index (χ0) is 14.9. The van der Waals surface area contributed by atoms with Crippen molar-refractivity contribution in [3.63, 3.8) is 0 Å². The quantitative estimate of drug-likeness (QED) is 0.663. The SMILES string of the molecule is Cn1cnc(Oc2cc(C(=O)O)c([N+](=O)[O-])cc2F)n1. The molecule has 0 spiro atoms. The van der Waals surface area contributed by atoms with Crippen LogP contribution < -0.4 is 4.74 Å². The zero-order valence-corrected chi connectivity index (χ0v) is 9.98. The Balaban J connectivity index is 2.46. The van der Waals surface area contributed by atoms with E-state index in [1.54, 1.807) is 7.05 Å². The Morgan fingerprint density at radius 3 is 2.75 bits per heavy atom. The van der Waals surface area contributed by atoms with Gasteiger partial charge in [-0.25, -0.2) is 9.18 Å². The van der Waals surface area contributed by atoms with E-state index in [2.05, 4.69) is 10.1 Å². The topological polar surface area (TPSA) is 120 Å². The number of halogens is 1. The Hall–Kier alpha value is -3.04. The molecule has 104 valence electrons. The third-order valence-electron chi connectivity index (χ3n) is 2.26. The highest BCUT2D eigenvalue weighted by atomic mass is 19.1. The second kappa shape index (κ2) is 4.91. The summed E-state index contributed by atoms with van der Waals surface area (Å²) in [6.45, 7) is 0. The van der Waals surface area contributed by atoms with Gasteiger partial charge in [-0.3, -0.25) is 14.8 Å². The molecule has 0 radical (unpaired) electrons. The molecule has 0 atom stereocenters. The molecule has 0 saturated heterocycles. The predicted molar refractivity (Wildman–Crippen MR) is 61.1 cm³/mol. The molecule has 0 fully saturated rings. The third-order valence-corrected chi connectivity index (χ3v) is 2.26. The van der Waals surface area contributed by atoms with Crippen LogP contribution in [0.1, 0.15) is 10.4 Å². The number of nitrogens with zero attached hydrogens (tertiary/aromatic N) is 4. The van der Waals surface area contributed by atoms with E-state index < -0.39 is 33.7 Å². The summed E-state index contributed by atoms with van der Waals surface area (Å²) in [5.41, 5.74) is -1.56. The molecule has 9 nitrogen and oxygen atoms in total. The standard InChI is InChI=1S/C10H7FN4O5/c1-14-4-12-10(13-14)20-8-2-5(9(16)17)7(15(18)19)3-6(8)11/h2-4H,1H3,(H,16,17). The zero-order valence-electron chi connectivity index (χ0n) is 9.98. The van der Waals surface area contributed by atoms with Crippen molar-refractivity contribution in [2.45, 2.75) is 0 Å². The number of carboxylic acid groups (broad SMARTS) is 1. The number of aryl methyl sites for hydroxylation is 1. The molecule has 0 saturated carbocycles. The number of hydrogen-bond donors (Lipinski definition) is 1. The van der Waals surface area contributed by atoms with Gasteiger partial charge in [-0.1, -0.05) is 0 Å². The highest BCUT2D eigenvalue weighted by Crippen LogP contribution is 2.29. The minimum atomic E-state index is -1.57. The van der Waals surface area contributed by atoms with E-state index >= 15 is 0 Å². The van der Waals surface area contributed by atoms with Crippen LogP contribution in [0.25, 0.3) is 0 Å². The lowest BCUT2D eigenvalue weighted by atomic mass is 10.1. The summed E-state index contributed by atoms with van der Waals surface area (Å²) in [6.07, 6.45) is 1.29. The van der Waals surface area contributed by atoms with Crippen molar-refractivity contribution < 1.29 is 24.0 Å². The monoisotopic (exact) mass is 282 g/mol. The van der Waals surface area contributed by atoms with Crippen LogP contribution >= 0.6 is 0 Å². The van der Waals surface area contributed by atoms with Gasteiger partial charge in [0.1, 0.15) is 11.9 Å². The number of rotatable bonds is 4. The summed E-state index contributed by atoms with van der Waals surface area (Å²) in [5, 5.41) is 23.3. The summed E-state index contributed by atoms with van der Waals surface area (Å²) >= 11 is 0. The van der Waals surface area contributed by atoms with Gasteiger partial charge in [0.2, 0.25) is 0 Å². The number of hydrogen-bond acceptors (Lipinski definition) is 6. The van der Waals surface area contributed by atoms with Crippen LogP contribution in [-0.2, 0) is 7.05 Å². The van der Waals surface area contributed by atoms with E-state index in [-0.39, 0.29) is 6.01 Å². The van der Waals surface area contributed by atoms with E-state index in [0.717, 1.165) is 0 Å². The largest absolute Gasteiger partial charge is 0.477 e. The van der Waals surface area contributed by atoms with Crippen molar-refractivity contribution in [3.8, 4) is 11.8 Å². The van der Waals surface area contributed by atoms with Gasteiger partial charge in [0.25, 0.3) is 5.69 Å². The molecule has 0 amide bonds. The van der Waals surface area contributed by atoms with Gasteiger partial charge in [0.05, 0.1) is 11.0 Å². The van der Waals surface area contributed by atoms with Crippen LogP contribution in [0.4, 0.5) is 10.1 Å². The molecule has 1 aromatic heterocycles. The minimum absolute atomic E-state index is 0.211. The maximum Gasteiger partial charge on any atom is 0.342 e. The summed E-state index contributed by atoms with van der Waals surface area (Å²) in [4.78, 5) is 24.3. The molecule has 2 aromatic rings. The minimum Gasteiger partial charge on any atom is -0.477 e. The highest BCUT2D eigenvalue weighted by molar-refractivity contribution is 5.92. The van der Waals surface area contributed by atoms with Gasteiger partial charge >= 0.3 is 12.0 Å². The molecule has 1 aromatic carbocycles. The van der Waals surface area contributed by atoms with Crippen molar-refractivity contribution in [1.82, 2.24) is 14.8 Å². The smallest absolute Gasteiger partial charge is 0.342 e. The van der Waals surface area contributed by atoms with E-state index in [9.17, 15) is 19.3 Å². The summed E-state index contributed by atoms with van der Waals surface area (Å²) < 4.78 is 19.9. The van der Waals surface area contributed by atoms with E-state index in [1.165, 1.54) is 11.0 Å². The molecule has 2 rings (SSSR count). The van der Waals surface area contributed by atoms with E-state index in [0.29, 0.717) is 12.1 Å². The van der Waals surface area contributed by atoms with Gasteiger partial charge in [0.15, 0.2) is 11.6 Å². The van der Waals surface area contributed by atoms with Gasteiger partial charge in [-0.2, -0.15) is 4.98 Å². The van der Waals surface area contributed by atoms with Crippen molar-refractivity contribution >= 4 is 11.7 Å². The molecule has 0 unspecified atom stereocenters. The first-order valence-electron chi connectivity index (χ1n) is 5.13. The first-order chi connectivity index (χ1) is 9.38. The molecular formula is C10H7FN4O5. The normalized spacial score (nSPS) is 10.3. The molecule has 1 N–H and O–H groups in total. The molecule has 0 bridgehead atoms. The van der Waals surface area contributed by atoms with Crippen LogP contribution in [0.2, 0.25) is 0 Å². The fraction of sp³-hybridized carbons (Fsp3) is 0.100. The molecule has 0 aliphatic carbocycles. The first-order valence-corrected chi connectivity index (χ1v) is 5.13. The first kappa shape index (κ1) is 13.4. The number of nitro groups is 1. The molecule has 1 heterocycles. The summed E-state index contributed by atoms with van der Waals surface area (Å²) in [5.74, 6) is -3.18. The van der Waals surface area contributed by atoms with Crippen LogP contribution in [-0.4, -0.2) is 30.8 Å². The van der Waals surface area contributed by atoms with Crippen LogP contribution in [0.5, 0.6) is 11.8 Å². The average Bonchev–Trinajstić information content (AvgIpc) is 2.76. The number of aromatic nitrogens is 3. The number of carbonyl (C=O) groups is 1. The number of carboxylic acids is 1. The van der Waals surface area contributed by atoms with Crippen molar-refractivity contribution in [3.05, 3.63) is 40.0 Å². The lowest BCUT2D eigenvalue weighted by Gasteiger charge is -2.04. The van der Waals surface area contributed by atoms with Crippen molar-refractivity contribution in [2.24, 2.45) is 7.05 Å². The molecule has 0 aliphatic heterocycles. The van der Waals surface area contributed by atoms with Gasteiger partial charge in [0, 0.05) is 13.1 Å². The Labute approximate surface area is 110 Å². The Morgan fingerprint density at radius 1 is 1.55 bits per heavy atom. The third kappa shape index (κ3) is 2.53. The molecule has 20 heavy (non-hydrogen) atoms. The summed E-state index contributed by atoms with van der Waals surface area (Å²) in [6, 6.07) is 0.977. The highest BCUT2D eigenvalue weighted by Gasteiger charge is 2.24. The second-order valence-electron chi connectivity index (χ2n) is 3.66. The number of nitro benzene ring substituents is 1. The number of aromatic carboxylic acids is 1. The lowest BCUT2D eigenvalue weighted by Crippen LogP contribution is -2.04. The summed E-state index contributed by atoms with van der Waals surface area (Å²) in [7, 11) is 1.55. The Kier molecular flexibility index (Phi) is 3.29.